The van der Waals surface area contributed by atoms with Crippen molar-refractivity contribution in [1.82, 2.24) is 0 Å². The highest BCUT2D eigenvalue weighted by Crippen LogP contribution is 2.58. The average molecular weight is 773 g/mol. The summed E-state index contributed by atoms with van der Waals surface area (Å²) in [5.74, 6) is 1.74. The molecule has 0 radical (unpaired) electrons. The Morgan fingerprint density at radius 3 is 1.96 bits per heavy atom. The molecule has 1 saturated carbocycles. The molecule has 5 atom stereocenters. The Labute approximate surface area is 322 Å². The lowest BCUT2D eigenvalue weighted by Crippen LogP contribution is -2.41. The van der Waals surface area contributed by atoms with Crippen molar-refractivity contribution < 1.29 is 27.8 Å². The van der Waals surface area contributed by atoms with E-state index in [0.717, 1.165) is 62.6 Å². The maximum absolute atomic E-state index is 11.5. The van der Waals surface area contributed by atoms with Gasteiger partial charge in [0.25, 0.3) is 0 Å². The van der Waals surface area contributed by atoms with Crippen molar-refractivity contribution in [2.24, 2.45) is 22.7 Å². The summed E-state index contributed by atoms with van der Waals surface area (Å²) in [6.07, 6.45) is 26.7. The summed E-state index contributed by atoms with van der Waals surface area (Å²) in [5.41, 5.74) is 11.4. The molecule has 2 unspecified atom stereocenters. The van der Waals surface area contributed by atoms with E-state index >= 15 is 0 Å². The van der Waals surface area contributed by atoms with E-state index in [4.69, 9.17) is 6.02 Å². The van der Waals surface area contributed by atoms with Gasteiger partial charge in [0.15, 0.2) is 0 Å². The highest BCUT2D eigenvalue weighted by Gasteiger charge is 2.46. The number of fused-ring (bicyclic) bond motifs is 3. The van der Waals surface area contributed by atoms with Gasteiger partial charge in [-0.3, -0.25) is 9.09 Å². The molecular weight excluding hydrogens is 694 g/mol. The van der Waals surface area contributed by atoms with Crippen molar-refractivity contribution in [3.05, 3.63) is 69.4 Å². The van der Waals surface area contributed by atoms with Crippen LogP contribution in [0.2, 0.25) is 0 Å². The number of phosphoric ester groups is 1. The van der Waals surface area contributed by atoms with Crippen LogP contribution in [0.15, 0.2) is 69.4 Å². The van der Waals surface area contributed by atoms with Gasteiger partial charge in [-0.1, -0.05) is 97.6 Å². The van der Waals surface area contributed by atoms with Crippen LogP contribution < -0.4 is 0 Å². The number of phosphoric acid groups is 1. The van der Waals surface area contributed by atoms with Gasteiger partial charge in [-0.15, -0.1) is 0 Å². The van der Waals surface area contributed by atoms with Gasteiger partial charge in [-0.25, -0.2) is 8.88 Å². The largest absolute Gasteiger partial charge is 0.479 e. The number of hydrogen-bond donors (Lipinski definition) is 2. The molecule has 0 spiro atoms. The van der Waals surface area contributed by atoms with Crippen LogP contribution in [-0.4, -0.2) is 24.2 Å². The zero-order chi connectivity index (χ0) is 39.0. The van der Waals surface area contributed by atoms with E-state index in [9.17, 15) is 14.0 Å². The summed E-state index contributed by atoms with van der Waals surface area (Å²) in [5, 5.41) is 0. The Bertz CT molecular complexity index is 1400. The lowest BCUT2D eigenvalue weighted by atomic mass is 9.53. The minimum atomic E-state index is -4.52. The molecule has 296 valence electrons. The second-order valence-corrected chi connectivity index (χ2v) is 19.8. The van der Waals surface area contributed by atoms with Crippen molar-refractivity contribution in [3.63, 3.8) is 0 Å². The summed E-state index contributed by atoms with van der Waals surface area (Å²) < 4.78 is 36.8. The third-order valence-corrected chi connectivity index (χ3v) is 13.8. The van der Waals surface area contributed by atoms with E-state index < -0.39 is 15.4 Å². The van der Waals surface area contributed by atoms with Crippen molar-refractivity contribution in [2.75, 3.05) is 13.3 Å². The molecule has 0 aliphatic heterocycles. The van der Waals surface area contributed by atoms with Crippen molar-refractivity contribution in [1.29, 1.82) is 1.12 Å². The van der Waals surface area contributed by atoms with Crippen molar-refractivity contribution >= 4 is 28.8 Å². The van der Waals surface area contributed by atoms with Crippen LogP contribution in [0.1, 0.15) is 160 Å². The zero-order valence-electron chi connectivity index (χ0n) is 34.3. The SMILES string of the molecule is C.CC(C)=CCC/C(C)=C/CC/C(C)=C/CC/C(C)=C/COP(=O)(O)OP(C)(=O)O.CC1=CCC[C@@]2(C)CCC3=C(C)CC[C@@H](C[C@H]12)C3(C)C.[3H]S. The third-order valence-electron chi connectivity index (χ3n) is 11.3. The highest BCUT2D eigenvalue weighted by molar-refractivity contribution is 7.63. The van der Waals surface area contributed by atoms with Gasteiger partial charge in [-0.2, -0.15) is 13.4 Å². The third kappa shape index (κ3) is 17.9. The van der Waals surface area contributed by atoms with E-state index in [-0.39, 0.29) is 14.0 Å². The maximum Gasteiger partial charge on any atom is 0.479 e. The fraction of sp³-hybridized carbons (Fsp3) is 0.714. The molecule has 9 heteroatoms. The van der Waals surface area contributed by atoms with Gasteiger partial charge in [0, 0.05) is 6.66 Å². The van der Waals surface area contributed by atoms with E-state index in [0.29, 0.717) is 10.8 Å². The first-order chi connectivity index (χ1) is 23.6. The number of allylic oxidation sites excluding steroid dienone is 11. The van der Waals surface area contributed by atoms with E-state index in [2.05, 4.69) is 109 Å². The topological polar surface area (TPSA) is 93.1 Å². The normalized spacial score (nSPS) is 26.0. The molecule has 0 heterocycles. The smallest absolute Gasteiger partial charge is 0.324 e. The molecule has 0 amide bonds. The number of hydrogen-bond acceptors (Lipinski definition) is 4. The summed E-state index contributed by atoms with van der Waals surface area (Å²) in [4.78, 5) is 18.3. The van der Waals surface area contributed by atoms with Gasteiger partial charge >= 0.3 is 15.4 Å². The first kappa shape index (κ1) is 48.1. The van der Waals surface area contributed by atoms with Crippen molar-refractivity contribution in [2.45, 2.75) is 160 Å². The standard InChI is InChI=1S/C21H38O6P2.C20H32.CH4.H2S/c1-18(2)10-7-11-19(3)12-8-13-20(4)14-9-15-21(5)16-17-26-29(24,25)27-28(6,22)23;1-14-7-6-11-20(5)12-10-17-15(2)8-9-16(13-18(14)20)19(17,3)4;;/h10,12,14,16H,7-9,11,13,15,17H2,1-6H3,(H,22,23)(H,24,25);7,16,18H,6,8-13H2,1-5H3;1H4;1H2/b19-12+,20-14+,21-16+;;;/t;16-,18+,20-;;/m.0../s1/i/hT. The van der Waals surface area contributed by atoms with Crippen LogP contribution in [0, 0.1) is 22.7 Å². The fourth-order valence-electron chi connectivity index (χ4n) is 8.08. The summed E-state index contributed by atoms with van der Waals surface area (Å²) in [6, 6.07) is 0. The second kappa shape index (κ2) is 22.5. The van der Waals surface area contributed by atoms with Crippen molar-refractivity contribution in [3.8, 4) is 0 Å². The van der Waals surface area contributed by atoms with Gasteiger partial charge in [0.2, 0.25) is 0 Å². The van der Waals surface area contributed by atoms with Crippen LogP contribution in [0.5, 0.6) is 0 Å². The maximum atomic E-state index is 11.5. The minimum Gasteiger partial charge on any atom is -0.324 e. The van der Waals surface area contributed by atoms with Gasteiger partial charge < -0.3 is 9.79 Å². The van der Waals surface area contributed by atoms with E-state index in [1.54, 1.807) is 17.2 Å². The average Bonchev–Trinajstić information content (AvgIpc) is 2.99. The summed E-state index contributed by atoms with van der Waals surface area (Å²) in [6.45, 7) is 23.6. The lowest BCUT2D eigenvalue weighted by Gasteiger charge is -2.52. The molecule has 3 aliphatic rings. The Hall–Kier alpha value is -0.910. The summed E-state index contributed by atoms with van der Waals surface area (Å²) in [7, 11) is -8.60. The molecule has 2 N–H and O–H groups in total. The Morgan fingerprint density at radius 1 is 0.902 bits per heavy atom. The quantitative estimate of drug-likeness (QED) is 0.135. The molecular formula is C42H76O6P2S. The van der Waals surface area contributed by atoms with Crippen LogP contribution >= 0.6 is 28.8 Å². The highest BCUT2D eigenvalue weighted by atomic mass is 32.1. The second-order valence-electron chi connectivity index (χ2n) is 16.3. The molecule has 0 saturated heterocycles. The van der Waals surface area contributed by atoms with Crippen LogP contribution in [0.4, 0.5) is 0 Å². The van der Waals surface area contributed by atoms with Crippen LogP contribution in [-0.2, 0) is 18.0 Å². The predicted octanol–water partition coefficient (Wildman–Crippen LogP) is 14.1. The lowest BCUT2D eigenvalue weighted by molar-refractivity contribution is 0.0802. The van der Waals surface area contributed by atoms with Gasteiger partial charge in [0.05, 0.1) is 7.73 Å². The van der Waals surface area contributed by atoms with Gasteiger partial charge in [0.1, 0.15) is 0 Å². The first-order valence-electron chi connectivity index (χ1n) is 19.0. The molecule has 3 aliphatic carbocycles. The molecule has 2 bridgehead atoms. The number of rotatable bonds is 14. The molecule has 51 heavy (non-hydrogen) atoms. The monoisotopic (exact) mass is 772 g/mol. The Balaban J connectivity index is 0.000000982. The van der Waals surface area contributed by atoms with E-state index in [1.165, 1.54) is 61.7 Å². The molecule has 1 fully saturated rings. The molecule has 0 aromatic carbocycles. The Morgan fingerprint density at radius 2 is 1.43 bits per heavy atom. The molecule has 3 rings (SSSR count). The van der Waals surface area contributed by atoms with Gasteiger partial charge in [-0.05, 0) is 155 Å². The van der Waals surface area contributed by atoms with E-state index in [1.807, 2.05) is 12.5 Å². The van der Waals surface area contributed by atoms with Crippen LogP contribution in [0.25, 0.3) is 0 Å². The fourth-order valence-corrected chi connectivity index (χ4v) is 10.1. The Kier molecular flexibility index (Phi) is 21.2. The predicted molar refractivity (Wildman–Crippen MR) is 226 cm³/mol. The molecule has 6 nitrogen and oxygen atoms in total. The first-order valence-corrected chi connectivity index (χ1v) is 22.1. The zero-order valence-corrected chi connectivity index (χ0v) is 36.0. The molecule has 0 aromatic rings. The summed E-state index contributed by atoms with van der Waals surface area (Å²) >= 11 is 2.78. The molecule has 0 aromatic heterocycles. The van der Waals surface area contributed by atoms with Crippen LogP contribution in [0.3, 0.4) is 0 Å². The minimum absolute atomic E-state index is 0.